The van der Waals surface area contributed by atoms with Crippen LogP contribution in [0.15, 0.2) is 40.9 Å². The molecule has 36 heavy (non-hydrogen) atoms. The first kappa shape index (κ1) is 25.9. The predicted octanol–water partition coefficient (Wildman–Crippen LogP) is 1.08. The third-order valence-corrected chi connectivity index (χ3v) is 7.46. The molecule has 0 heterocycles. The van der Waals surface area contributed by atoms with Crippen LogP contribution in [0.3, 0.4) is 0 Å². The maximum absolute atomic E-state index is 13.7. The number of Topliss-reactive ketones (excluding diaryl/α,β-unsaturated/α-hetero) is 2. The average molecular weight is 501 g/mol. The summed E-state index contributed by atoms with van der Waals surface area (Å²) < 4.78 is 0. The van der Waals surface area contributed by atoms with Gasteiger partial charge in [0.15, 0.2) is 11.4 Å². The van der Waals surface area contributed by atoms with Crippen molar-refractivity contribution in [2.75, 3.05) is 14.1 Å². The molecule has 194 valence electrons. The van der Waals surface area contributed by atoms with Crippen molar-refractivity contribution in [2.24, 2.45) is 11.8 Å². The van der Waals surface area contributed by atoms with Gasteiger partial charge in [0.1, 0.15) is 22.8 Å². The van der Waals surface area contributed by atoms with Crippen LogP contribution < -0.4 is 5.32 Å². The van der Waals surface area contributed by atoms with E-state index in [1.165, 1.54) is 25.1 Å². The molecule has 0 saturated heterocycles. The van der Waals surface area contributed by atoms with Gasteiger partial charge in [-0.15, -0.1) is 0 Å². The lowest BCUT2D eigenvalue weighted by molar-refractivity contribution is -0.162. The van der Waals surface area contributed by atoms with Crippen molar-refractivity contribution < 1.29 is 39.9 Å². The van der Waals surface area contributed by atoms with Crippen LogP contribution in [-0.4, -0.2) is 85.3 Å². The molecule has 10 nitrogen and oxygen atoms in total. The molecule has 0 bridgehead atoms. The van der Waals surface area contributed by atoms with Gasteiger partial charge in [-0.3, -0.25) is 19.3 Å². The van der Waals surface area contributed by atoms with Crippen molar-refractivity contribution in [3.05, 3.63) is 52.0 Å². The van der Waals surface area contributed by atoms with Gasteiger partial charge in [0.25, 0.3) is 5.91 Å². The summed E-state index contributed by atoms with van der Waals surface area (Å²) in [6, 6.07) is 3.24. The van der Waals surface area contributed by atoms with E-state index in [1.807, 2.05) is 0 Å². The van der Waals surface area contributed by atoms with E-state index in [-0.39, 0.29) is 11.3 Å². The highest BCUT2D eigenvalue weighted by atomic mass is 16.4. The van der Waals surface area contributed by atoms with Crippen LogP contribution in [-0.2, 0) is 9.59 Å². The number of aromatic hydroxyl groups is 1. The number of hydrogen-bond donors (Lipinski definition) is 6. The van der Waals surface area contributed by atoms with Gasteiger partial charge in [0.2, 0.25) is 5.78 Å². The fourth-order valence-electron chi connectivity index (χ4n) is 5.97. The van der Waals surface area contributed by atoms with Crippen molar-refractivity contribution >= 4 is 17.5 Å². The van der Waals surface area contributed by atoms with E-state index in [4.69, 9.17) is 0 Å². The molecule has 1 amide bonds. The summed E-state index contributed by atoms with van der Waals surface area (Å²) in [7, 11) is 3.06. The zero-order valence-corrected chi connectivity index (χ0v) is 21.0. The van der Waals surface area contributed by atoms with Crippen LogP contribution in [0, 0.1) is 11.8 Å². The van der Waals surface area contributed by atoms with Crippen molar-refractivity contribution in [3.8, 4) is 5.75 Å². The van der Waals surface area contributed by atoms with Gasteiger partial charge in [-0.1, -0.05) is 19.1 Å². The Bertz CT molecular complexity index is 1240. The minimum Gasteiger partial charge on any atom is -0.510 e. The monoisotopic (exact) mass is 500 g/mol. The molecule has 6 atom stereocenters. The number of nitrogens with one attached hydrogen (secondary N) is 1. The zero-order chi connectivity index (χ0) is 27.1. The number of ketones is 2. The number of aliphatic hydroxyl groups excluding tert-OH is 3. The molecule has 3 aliphatic carbocycles. The third kappa shape index (κ3) is 3.39. The number of benzene rings is 1. The second-order valence-electron chi connectivity index (χ2n) is 11.1. The van der Waals surface area contributed by atoms with Gasteiger partial charge < -0.3 is 30.8 Å². The highest BCUT2D eigenvalue weighted by molar-refractivity contribution is 6.25. The topological polar surface area (TPSA) is 168 Å². The summed E-state index contributed by atoms with van der Waals surface area (Å²) in [4.78, 5) is 41.7. The molecular weight excluding hydrogens is 468 g/mol. The zero-order valence-electron chi connectivity index (χ0n) is 21.0. The number of carbonyl (C=O) groups is 3. The Labute approximate surface area is 208 Å². The molecule has 3 aliphatic rings. The Hall–Kier alpha value is -3.21. The maximum Gasteiger partial charge on any atom is 0.258 e. The quantitative estimate of drug-likeness (QED) is 0.326. The number of phenolic OH excluding ortho intramolecular Hbond substituents is 1. The average Bonchev–Trinajstić information content (AvgIpc) is 2.75. The number of nitrogens with zero attached hydrogens (tertiary/aromatic N) is 1. The Morgan fingerprint density at radius 2 is 1.72 bits per heavy atom. The van der Waals surface area contributed by atoms with Gasteiger partial charge in [-0.25, -0.2) is 0 Å². The van der Waals surface area contributed by atoms with E-state index in [0.29, 0.717) is 5.56 Å². The fraction of sp³-hybridized carbons (Fsp3) is 0.500. The maximum atomic E-state index is 13.7. The Morgan fingerprint density at radius 3 is 2.28 bits per heavy atom. The lowest BCUT2D eigenvalue weighted by Gasteiger charge is -2.53. The van der Waals surface area contributed by atoms with Crippen molar-refractivity contribution in [1.82, 2.24) is 10.2 Å². The van der Waals surface area contributed by atoms with Gasteiger partial charge >= 0.3 is 0 Å². The number of rotatable bonds is 2. The highest BCUT2D eigenvalue weighted by Crippen LogP contribution is 2.55. The minimum absolute atomic E-state index is 0.0893. The second kappa shape index (κ2) is 8.16. The number of likely N-dealkylation sites (N-methyl/N-ethyl adjacent to an activating group) is 1. The van der Waals surface area contributed by atoms with Crippen LogP contribution >= 0.6 is 0 Å². The van der Waals surface area contributed by atoms with Gasteiger partial charge in [0.05, 0.1) is 23.6 Å². The smallest absolute Gasteiger partial charge is 0.258 e. The molecule has 4 rings (SSSR count). The van der Waals surface area contributed by atoms with Gasteiger partial charge in [-0.05, 0) is 52.4 Å². The first-order valence-corrected chi connectivity index (χ1v) is 11.7. The van der Waals surface area contributed by atoms with Crippen molar-refractivity contribution in [2.45, 2.75) is 56.9 Å². The third-order valence-electron chi connectivity index (χ3n) is 7.46. The van der Waals surface area contributed by atoms with Crippen LogP contribution in [0.25, 0.3) is 0 Å². The number of carbonyl (C=O) groups excluding carboxylic acids is 3. The predicted molar refractivity (Wildman–Crippen MR) is 128 cm³/mol. The lowest BCUT2D eigenvalue weighted by Crippen LogP contribution is -2.68. The molecular formula is C26H32N2O8. The molecule has 0 saturated carbocycles. The summed E-state index contributed by atoms with van der Waals surface area (Å²) in [6.07, 6.45) is -1.58. The second-order valence-corrected chi connectivity index (χ2v) is 11.1. The molecule has 6 N–H and O–H groups in total. The Balaban J connectivity index is 2.00. The fourth-order valence-corrected chi connectivity index (χ4v) is 5.97. The molecule has 1 aromatic carbocycles. The van der Waals surface area contributed by atoms with E-state index in [2.05, 4.69) is 5.32 Å². The van der Waals surface area contributed by atoms with Gasteiger partial charge in [0, 0.05) is 17.0 Å². The molecule has 10 heteroatoms. The molecule has 0 fully saturated rings. The SMILES string of the molecule is CC1c2cccc(O)c2C(=O)C2=C(O)C3(O)C(=O)C(C(=O)NC(C)(C)C)=C(O)C(N(C)C)C3C(O)C21. The summed E-state index contributed by atoms with van der Waals surface area (Å²) in [5.41, 5.74) is -4.49. The summed E-state index contributed by atoms with van der Waals surface area (Å²) in [5.74, 6) is -8.25. The first-order valence-electron chi connectivity index (χ1n) is 11.7. The lowest BCUT2D eigenvalue weighted by atomic mass is 9.55. The summed E-state index contributed by atoms with van der Waals surface area (Å²) in [6.45, 7) is 6.69. The summed E-state index contributed by atoms with van der Waals surface area (Å²) >= 11 is 0. The van der Waals surface area contributed by atoms with E-state index in [9.17, 15) is 39.9 Å². The Morgan fingerprint density at radius 1 is 1.11 bits per heavy atom. The van der Waals surface area contributed by atoms with Crippen LogP contribution in [0.5, 0.6) is 5.75 Å². The van der Waals surface area contributed by atoms with Crippen LogP contribution in [0.2, 0.25) is 0 Å². The Kier molecular flexibility index (Phi) is 5.86. The standard InChI is InChI=1S/C26H32N2O8/c1-10-11-8-7-9-12(29)14(11)19(30)15-13(10)20(31)17-18(28(5)6)21(32)16(24(35)27-25(2,3)4)23(34)26(17,36)22(15)33/h7-10,13,17-18,20,29,31-33,36H,1-6H3,(H,27,35). The van der Waals surface area contributed by atoms with Crippen LogP contribution in [0.1, 0.15) is 49.5 Å². The molecule has 0 aromatic heterocycles. The number of fused-ring (bicyclic) bond motifs is 3. The summed E-state index contributed by atoms with van der Waals surface area (Å²) in [5, 5.41) is 58.9. The number of hydrogen-bond acceptors (Lipinski definition) is 9. The minimum atomic E-state index is -2.88. The van der Waals surface area contributed by atoms with Gasteiger partial charge in [-0.2, -0.15) is 0 Å². The number of phenols is 1. The van der Waals surface area contributed by atoms with E-state index >= 15 is 0 Å². The van der Waals surface area contributed by atoms with E-state index in [1.54, 1.807) is 39.8 Å². The van der Waals surface area contributed by atoms with E-state index < -0.39 is 81.2 Å². The number of amides is 1. The van der Waals surface area contributed by atoms with Crippen LogP contribution in [0.4, 0.5) is 0 Å². The van der Waals surface area contributed by atoms with Crippen molar-refractivity contribution in [3.63, 3.8) is 0 Å². The van der Waals surface area contributed by atoms with Crippen molar-refractivity contribution in [1.29, 1.82) is 0 Å². The normalized spacial score (nSPS) is 32.3. The van der Waals surface area contributed by atoms with E-state index in [0.717, 1.165) is 0 Å². The largest absolute Gasteiger partial charge is 0.510 e. The number of aliphatic hydroxyl groups is 4. The first-order chi connectivity index (χ1) is 16.6. The molecule has 1 aromatic rings. The molecule has 0 aliphatic heterocycles. The molecule has 6 unspecified atom stereocenters. The molecule has 0 spiro atoms. The molecule has 0 radical (unpaired) electrons. The highest BCUT2D eigenvalue weighted by Gasteiger charge is 2.67.